The van der Waals surface area contributed by atoms with Crippen molar-refractivity contribution in [3.63, 3.8) is 0 Å². The number of aryl methyl sites for hydroxylation is 2. The number of thiophene rings is 1. The maximum absolute atomic E-state index is 12.0. The maximum atomic E-state index is 12.0. The Bertz CT molecular complexity index is 390. The second-order valence-electron chi connectivity index (χ2n) is 5.00. The number of rotatable bonds is 4. The first-order valence-electron chi connectivity index (χ1n) is 6.86. The van der Waals surface area contributed by atoms with Crippen molar-refractivity contribution in [3.8, 4) is 0 Å². The Labute approximate surface area is 113 Å². The highest BCUT2D eigenvalue weighted by Gasteiger charge is 2.16. The van der Waals surface area contributed by atoms with E-state index in [2.05, 4.69) is 11.4 Å². The lowest BCUT2D eigenvalue weighted by Crippen LogP contribution is -2.36. The molecule has 1 amide bonds. The van der Waals surface area contributed by atoms with Crippen LogP contribution in [0.15, 0.2) is 6.07 Å². The minimum Gasteiger partial charge on any atom is -0.350 e. The van der Waals surface area contributed by atoms with Gasteiger partial charge in [0.1, 0.15) is 0 Å². The molecule has 3 N–H and O–H groups in total. The monoisotopic (exact) mass is 266 g/mol. The van der Waals surface area contributed by atoms with Crippen LogP contribution in [0.25, 0.3) is 0 Å². The summed E-state index contributed by atoms with van der Waals surface area (Å²) in [5.41, 5.74) is 7.20. The average molecular weight is 266 g/mol. The van der Waals surface area contributed by atoms with Gasteiger partial charge in [-0.05, 0) is 43.7 Å². The summed E-state index contributed by atoms with van der Waals surface area (Å²) in [6.45, 7) is 2.60. The summed E-state index contributed by atoms with van der Waals surface area (Å²) in [6.07, 6.45) is 6.99. The molecule has 18 heavy (non-hydrogen) atoms. The van der Waals surface area contributed by atoms with Gasteiger partial charge in [-0.15, -0.1) is 11.3 Å². The first-order chi connectivity index (χ1) is 8.70. The highest BCUT2D eigenvalue weighted by molar-refractivity contribution is 7.14. The molecular weight excluding hydrogens is 244 g/mol. The Morgan fingerprint density at radius 1 is 1.44 bits per heavy atom. The minimum absolute atomic E-state index is 0.0389. The Morgan fingerprint density at radius 3 is 3.00 bits per heavy atom. The lowest BCUT2D eigenvalue weighted by atomic mass is 10.1. The Kier molecular flexibility index (Phi) is 4.78. The highest BCUT2D eigenvalue weighted by Crippen LogP contribution is 2.28. The number of amides is 1. The van der Waals surface area contributed by atoms with Crippen molar-refractivity contribution in [2.24, 2.45) is 5.73 Å². The van der Waals surface area contributed by atoms with Crippen LogP contribution in [0.4, 0.5) is 0 Å². The molecular formula is C14H22N2OS. The van der Waals surface area contributed by atoms with E-state index in [1.54, 1.807) is 11.3 Å². The largest absolute Gasteiger partial charge is 0.350 e. The van der Waals surface area contributed by atoms with Crippen molar-refractivity contribution in [2.75, 3.05) is 6.54 Å². The van der Waals surface area contributed by atoms with E-state index in [0.29, 0.717) is 6.54 Å². The van der Waals surface area contributed by atoms with Crippen LogP contribution < -0.4 is 11.1 Å². The van der Waals surface area contributed by atoms with Crippen molar-refractivity contribution in [2.45, 2.75) is 51.5 Å². The molecule has 0 radical (unpaired) electrons. The van der Waals surface area contributed by atoms with E-state index in [0.717, 1.165) is 24.1 Å². The van der Waals surface area contributed by atoms with E-state index in [4.69, 9.17) is 5.73 Å². The van der Waals surface area contributed by atoms with Gasteiger partial charge in [0, 0.05) is 17.5 Å². The van der Waals surface area contributed by atoms with E-state index in [9.17, 15) is 4.79 Å². The van der Waals surface area contributed by atoms with Crippen LogP contribution in [-0.2, 0) is 12.8 Å². The molecule has 1 aliphatic rings. The molecule has 0 aromatic carbocycles. The zero-order chi connectivity index (χ0) is 13.0. The number of nitrogens with two attached hydrogens (primary N) is 1. The van der Waals surface area contributed by atoms with Gasteiger partial charge in [-0.25, -0.2) is 0 Å². The predicted molar refractivity (Wildman–Crippen MR) is 76.2 cm³/mol. The molecule has 2 rings (SSSR count). The number of fused-ring (bicyclic) bond motifs is 1. The summed E-state index contributed by atoms with van der Waals surface area (Å²) >= 11 is 1.66. The van der Waals surface area contributed by atoms with Gasteiger partial charge in [0.15, 0.2) is 0 Å². The Hall–Kier alpha value is -0.870. The number of carbonyl (C=O) groups is 1. The highest BCUT2D eigenvalue weighted by atomic mass is 32.1. The SMILES string of the molecule is CCC(N)CNC(=O)c1cc2c(s1)CCCCC2. The molecule has 3 nitrogen and oxygen atoms in total. The van der Waals surface area contributed by atoms with E-state index in [1.165, 1.54) is 29.7 Å². The molecule has 1 aliphatic carbocycles. The smallest absolute Gasteiger partial charge is 0.261 e. The average Bonchev–Trinajstić information content (AvgIpc) is 2.67. The van der Waals surface area contributed by atoms with Gasteiger partial charge in [0.25, 0.3) is 5.91 Å². The molecule has 0 saturated carbocycles. The molecule has 100 valence electrons. The first-order valence-corrected chi connectivity index (χ1v) is 7.67. The van der Waals surface area contributed by atoms with Crippen molar-refractivity contribution < 1.29 is 4.79 Å². The van der Waals surface area contributed by atoms with E-state index in [-0.39, 0.29) is 11.9 Å². The fraction of sp³-hybridized carbons (Fsp3) is 0.643. The van der Waals surface area contributed by atoms with Crippen LogP contribution in [0.2, 0.25) is 0 Å². The summed E-state index contributed by atoms with van der Waals surface area (Å²) in [7, 11) is 0. The fourth-order valence-electron chi connectivity index (χ4n) is 2.23. The summed E-state index contributed by atoms with van der Waals surface area (Å²) < 4.78 is 0. The van der Waals surface area contributed by atoms with Crippen molar-refractivity contribution >= 4 is 17.2 Å². The van der Waals surface area contributed by atoms with Crippen LogP contribution in [0.3, 0.4) is 0 Å². The van der Waals surface area contributed by atoms with Gasteiger partial charge in [0.2, 0.25) is 0 Å². The zero-order valence-electron chi connectivity index (χ0n) is 11.0. The van der Waals surface area contributed by atoms with Gasteiger partial charge in [-0.1, -0.05) is 13.3 Å². The molecule has 1 aromatic rings. The lowest BCUT2D eigenvalue weighted by Gasteiger charge is -2.09. The quantitative estimate of drug-likeness (QED) is 0.823. The van der Waals surface area contributed by atoms with Gasteiger partial charge in [-0.2, -0.15) is 0 Å². The third-order valence-electron chi connectivity index (χ3n) is 3.52. The molecule has 1 unspecified atom stereocenters. The summed E-state index contributed by atoms with van der Waals surface area (Å²) in [4.78, 5) is 14.3. The van der Waals surface area contributed by atoms with E-state index < -0.39 is 0 Å². The zero-order valence-corrected chi connectivity index (χ0v) is 11.8. The van der Waals surface area contributed by atoms with Gasteiger partial charge >= 0.3 is 0 Å². The van der Waals surface area contributed by atoms with Crippen molar-refractivity contribution in [1.82, 2.24) is 5.32 Å². The van der Waals surface area contributed by atoms with Gasteiger partial charge in [0.05, 0.1) is 4.88 Å². The second-order valence-corrected chi connectivity index (χ2v) is 6.13. The van der Waals surface area contributed by atoms with Gasteiger partial charge in [-0.3, -0.25) is 4.79 Å². The lowest BCUT2D eigenvalue weighted by molar-refractivity contribution is 0.0955. The van der Waals surface area contributed by atoms with Crippen LogP contribution in [0.1, 0.15) is 52.7 Å². The van der Waals surface area contributed by atoms with Crippen LogP contribution in [0, 0.1) is 0 Å². The summed E-state index contributed by atoms with van der Waals surface area (Å²) in [5.74, 6) is 0.0389. The maximum Gasteiger partial charge on any atom is 0.261 e. The molecule has 4 heteroatoms. The molecule has 1 aromatic heterocycles. The number of nitrogens with one attached hydrogen (secondary N) is 1. The molecule has 0 fully saturated rings. The molecule has 0 saturated heterocycles. The van der Waals surface area contributed by atoms with E-state index >= 15 is 0 Å². The van der Waals surface area contributed by atoms with E-state index in [1.807, 2.05) is 6.92 Å². The Balaban J connectivity index is 1.98. The number of hydrogen-bond donors (Lipinski definition) is 2. The van der Waals surface area contributed by atoms with Crippen LogP contribution >= 0.6 is 11.3 Å². The normalized spacial score (nSPS) is 16.8. The summed E-state index contributed by atoms with van der Waals surface area (Å²) in [5, 5.41) is 2.92. The standard InChI is InChI=1S/C14H22N2OS/c1-2-11(15)9-16-14(17)13-8-10-6-4-3-5-7-12(10)18-13/h8,11H,2-7,9,15H2,1H3,(H,16,17). The number of hydrogen-bond acceptors (Lipinski definition) is 3. The molecule has 0 aliphatic heterocycles. The predicted octanol–water partition coefficient (Wildman–Crippen LogP) is 2.48. The Morgan fingerprint density at radius 2 is 2.22 bits per heavy atom. The van der Waals surface area contributed by atoms with Crippen molar-refractivity contribution in [1.29, 1.82) is 0 Å². The van der Waals surface area contributed by atoms with Crippen LogP contribution in [-0.4, -0.2) is 18.5 Å². The first kappa shape index (κ1) is 13.6. The molecule has 0 spiro atoms. The topological polar surface area (TPSA) is 55.1 Å². The molecule has 1 atom stereocenters. The third kappa shape index (κ3) is 3.33. The van der Waals surface area contributed by atoms with Gasteiger partial charge < -0.3 is 11.1 Å². The summed E-state index contributed by atoms with van der Waals surface area (Å²) in [6, 6.07) is 2.14. The molecule has 0 bridgehead atoms. The number of carbonyl (C=O) groups excluding carboxylic acids is 1. The third-order valence-corrected chi connectivity index (χ3v) is 4.76. The van der Waals surface area contributed by atoms with Crippen molar-refractivity contribution in [3.05, 3.63) is 21.4 Å². The minimum atomic E-state index is 0.0389. The van der Waals surface area contributed by atoms with Crippen LogP contribution in [0.5, 0.6) is 0 Å². The fourth-order valence-corrected chi connectivity index (χ4v) is 3.40. The second kappa shape index (κ2) is 6.34. The molecule has 1 heterocycles.